The highest BCUT2D eigenvalue weighted by Crippen LogP contribution is 2.39. The third-order valence-corrected chi connectivity index (χ3v) is 4.75. The Morgan fingerprint density at radius 3 is 2.55 bits per heavy atom. The molecule has 1 aromatic heterocycles. The molecule has 2 unspecified atom stereocenters. The lowest BCUT2D eigenvalue weighted by atomic mass is 9.76. The topological polar surface area (TPSA) is 130 Å². The summed E-state index contributed by atoms with van der Waals surface area (Å²) in [4.78, 5) is 16.8. The van der Waals surface area contributed by atoms with Crippen LogP contribution in [0.15, 0.2) is 34.5 Å². The van der Waals surface area contributed by atoms with Crippen LogP contribution in [0.1, 0.15) is 46.1 Å². The number of anilines is 1. The van der Waals surface area contributed by atoms with Gasteiger partial charge in [-0.15, -0.1) is 4.68 Å². The van der Waals surface area contributed by atoms with Gasteiger partial charge in [0.25, 0.3) is 0 Å². The second kappa shape index (κ2) is 7.06. The number of nitrogens with zero attached hydrogens (tertiary/aromatic N) is 5. The van der Waals surface area contributed by atoms with Crippen molar-refractivity contribution >= 4 is 28.5 Å². The number of allylic oxidation sites excluding steroid dienone is 2. The van der Waals surface area contributed by atoms with Crippen LogP contribution in [0.2, 0.25) is 0 Å². The highest BCUT2D eigenvalue weighted by atomic mass is 16.6. The van der Waals surface area contributed by atoms with Crippen LogP contribution in [0.3, 0.4) is 0 Å². The monoisotopic (exact) mass is 390 g/mol. The fourth-order valence-corrected chi connectivity index (χ4v) is 3.46. The minimum Gasteiger partial charge on any atom is -0.442 e. The van der Waals surface area contributed by atoms with Gasteiger partial charge in [0, 0.05) is 17.0 Å². The Labute approximate surface area is 168 Å². The van der Waals surface area contributed by atoms with E-state index in [9.17, 15) is 15.3 Å². The Kier molecular flexibility index (Phi) is 4.90. The maximum atomic E-state index is 12.4. The summed E-state index contributed by atoms with van der Waals surface area (Å²) >= 11 is 0. The molecule has 0 aliphatic carbocycles. The van der Waals surface area contributed by atoms with E-state index in [1.165, 1.54) is 0 Å². The molecule has 148 valence electrons. The van der Waals surface area contributed by atoms with E-state index in [1.807, 2.05) is 0 Å². The molecule has 2 atom stereocenters. The van der Waals surface area contributed by atoms with E-state index >= 15 is 0 Å². The summed E-state index contributed by atoms with van der Waals surface area (Å²) in [6.45, 7) is 8.82. The van der Waals surface area contributed by atoms with Gasteiger partial charge in [0.15, 0.2) is 0 Å². The number of fused-ring (bicyclic) bond motifs is 1. The van der Waals surface area contributed by atoms with Crippen LogP contribution in [0.4, 0.5) is 10.6 Å². The minimum atomic E-state index is -0.685. The summed E-state index contributed by atoms with van der Waals surface area (Å²) in [7, 11) is 0. The molecule has 0 saturated heterocycles. The van der Waals surface area contributed by atoms with Crippen molar-refractivity contribution in [3.8, 4) is 12.1 Å². The Morgan fingerprint density at radius 1 is 1.28 bits per heavy atom. The van der Waals surface area contributed by atoms with Crippen molar-refractivity contribution in [1.82, 2.24) is 9.78 Å². The number of ether oxygens (including phenoxy) is 1. The van der Waals surface area contributed by atoms with Crippen molar-refractivity contribution < 1.29 is 9.53 Å². The van der Waals surface area contributed by atoms with Gasteiger partial charge in [-0.2, -0.15) is 15.6 Å². The number of carbonyl (C=O) groups excluding carboxylic acids is 1. The summed E-state index contributed by atoms with van der Waals surface area (Å²) in [5, 5.41) is 24.1. The Bertz CT molecular complexity index is 1150. The summed E-state index contributed by atoms with van der Waals surface area (Å²) in [5.74, 6) is -0.880. The van der Waals surface area contributed by atoms with Gasteiger partial charge in [-0.1, -0.05) is 6.07 Å². The Hall–Kier alpha value is -3.65. The van der Waals surface area contributed by atoms with Gasteiger partial charge in [-0.3, -0.25) is 4.99 Å². The molecule has 2 aromatic rings. The number of nitrogen functional groups attached to an aromatic ring is 1. The fraction of sp³-hybridized carbons (Fsp3) is 0.381. The van der Waals surface area contributed by atoms with E-state index in [4.69, 9.17) is 10.5 Å². The molecule has 8 nitrogen and oxygen atoms in total. The molecular formula is C21H22N6O2. The third kappa shape index (κ3) is 3.57. The normalized spacial score (nSPS) is 19.5. The van der Waals surface area contributed by atoms with E-state index in [-0.39, 0.29) is 5.82 Å². The highest BCUT2D eigenvalue weighted by Gasteiger charge is 2.34. The van der Waals surface area contributed by atoms with E-state index in [0.29, 0.717) is 27.9 Å². The highest BCUT2D eigenvalue weighted by molar-refractivity contribution is 5.95. The summed E-state index contributed by atoms with van der Waals surface area (Å²) < 4.78 is 6.38. The molecule has 2 N–H and O–H groups in total. The Balaban J connectivity index is 2.12. The number of nitriles is 2. The Morgan fingerprint density at radius 2 is 1.97 bits per heavy atom. The first-order valence-corrected chi connectivity index (χ1v) is 9.14. The van der Waals surface area contributed by atoms with E-state index in [1.54, 1.807) is 52.8 Å². The summed E-state index contributed by atoms with van der Waals surface area (Å²) in [6, 6.07) is 9.75. The number of nitrogens with two attached hydrogens (primary N) is 1. The molecule has 0 amide bonds. The number of hydrogen-bond donors (Lipinski definition) is 1. The van der Waals surface area contributed by atoms with Crippen LogP contribution in [0.25, 0.3) is 10.9 Å². The van der Waals surface area contributed by atoms with Crippen molar-refractivity contribution in [3.63, 3.8) is 0 Å². The molecular weight excluding hydrogens is 368 g/mol. The van der Waals surface area contributed by atoms with Gasteiger partial charge in [-0.25, -0.2) is 4.79 Å². The van der Waals surface area contributed by atoms with Crippen LogP contribution in [-0.2, 0) is 4.74 Å². The number of rotatable bonds is 1. The standard InChI is InChI=1S/C21H22N6O2/c1-11-15(9-22)18(16(10-23)12(2)25-11)13-6-7-17-14(8-13)19(24)27(26-17)20(28)29-21(3,4)5/h6-8,15,18H,24H2,1-5H3. The van der Waals surface area contributed by atoms with Crippen LogP contribution in [0.5, 0.6) is 0 Å². The summed E-state index contributed by atoms with van der Waals surface area (Å²) in [6.07, 6.45) is -0.670. The maximum Gasteiger partial charge on any atom is 0.437 e. The minimum absolute atomic E-state index is 0.144. The number of carbonyl (C=O) groups is 1. The van der Waals surface area contributed by atoms with Gasteiger partial charge in [0.05, 0.1) is 34.8 Å². The van der Waals surface area contributed by atoms with Crippen molar-refractivity contribution in [2.75, 3.05) is 5.73 Å². The second-order valence-electron chi connectivity index (χ2n) is 8.00. The first-order chi connectivity index (χ1) is 13.6. The molecule has 1 aromatic carbocycles. The molecule has 3 rings (SSSR count). The number of hydrogen-bond acceptors (Lipinski definition) is 7. The van der Waals surface area contributed by atoms with Crippen LogP contribution in [-0.4, -0.2) is 27.2 Å². The van der Waals surface area contributed by atoms with Gasteiger partial charge in [-0.05, 0) is 52.3 Å². The molecule has 0 radical (unpaired) electrons. The second-order valence-corrected chi connectivity index (χ2v) is 8.00. The number of aliphatic imine (C=N–C) groups is 1. The van der Waals surface area contributed by atoms with Crippen molar-refractivity contribution in [3.05, 3.63) is 35.0 Å². The molecule has 0 saturated carbocycles. The molecule has 0 bridgehead atoms. The molecule has 1 aliphatic heterocycles. The zero-order valence-corrected chi connectivity index (χ0v) is 17.0. The van der Waals surface area contributed by atoms with E-state index in [0.717, 1.165) is 10.2 Å². The smallest absolute Gasteiger partial charge is 0.437 e. The fourth-order valence-electron chi connectivity index (χ4n) is 3.46. The quantitative estimate of drug-likeness (QED) is 0.786. The van der Waals surface area contributed by atoms with E-state index in [2.05, 4.69) is 22.2 Å². The van der Waals surface area contributed by atoms with E-state index < -0.39 is 23.5 Å². The molecule has 29 heavy (non-hydrogen) atoms. The van der Waals surface area contributed by atoms with Gasteiger partial charge < -0.3 is 10.5 Å². The molecule has 0 spiro atoms. The molecule has 0 fully saturated rings. The first kappa shape index (κ1) is 20.1. The lowest BCUT2D eigenvalue weighted by Gasteiger charge is -2.26. The molecule has 1 aliphatic rings. The third-order valence-electron chi connectivity index (χ3n) is 4.75. The average molecular weight is 390 g/mol. The predicted molar refractivity (Wildman–Crippen MR) is 109 cm³/mol. The molecule has 8 heteroatoms. The van der Waals surface area contributed by atoms with Crippen molar-refractivity contribution in [2.45, 2.75) is 46.1 Å². The number of aromatic nitrogens is 2. The SMILES string of the molecule is CC1=NC(C)=C(C#N)C(c2ccc3nn(C(=O)OC(C)(C)C)c(N)c3c2)C1C#N. The maximum absolute atomic E-state index is 12.4. The van der Waals surface area contributed by atoms with Gasteiger partial charge >= 0.3 is 6.09 Å². The van der Waals surface area contributed by atoms with Gasteiger partial charge in [0.2, 0.25) is 0 Å². The van der Waals surface area contributed by atoms with Crippen LogP contribution < -0.4 is 5.73 Å². The lowest BCUT2D eigenvalue weighted by Crippen LogP contribution is -2.28. The summed E-state index contributed by atoms with van der Waals surface area (Å²) in [5.41, 5.74) is 8.45. The zero-order valence-electron chi connectivity index (χ0n) is 17.0. The number of benzene rings is 1. The van der Waals surface area contributed by atoms with Crippen molar-refractivity contribution in [2.24, 2.45) is 10.9 Å². The zero-order chi connectivity index (χ0) is 21.5. The van der Waals surface area contributed by atoms with Crippen LogP contribution in [0, 0.1) is 28.6 Å². The lowest BCUT2D eigenvalue weighted by molar-refractivity contribution is 0.0520. The molecule has 2 heterocycles. The average Bonchev–Trinajstić information content (AvgIpc) is 2.96. The van der Waals surface area contributed by atoms with Crippen molar-refractivity contribution in [1.29, 1.82) is 10.5 Å². The predicted octanol–water partition coefficient (Wildman–Crippen LogP) is 3.90. The van der Waals surface area contributed by atoms with Gasteiger partial charge in [0.1, 0.15) is 11.4 Å². The van der Waals surface area contributed by atoms with Crippen LogP contribution >= 0.6 is 0 Å². The first-order valence-electron chi connectivity index (χ1n) is 9.14. The largest absolute Gasteiger partial charge is 0.442 e.